The van der Waals surface area contributed by atoms with Crippen LogP contribution in [0, 0.1) is 0 Å². The molecule has 1 aromatic rings. The van der Waals surface area contributed by atoms with Gasteiger partial charge in [0.1, 0.15) is 0 Å². The summed E-state index contributed by atoms with van der Waals surface area (Å²) in [6, 6.07) is 0.0107. The maximum atomic E-state index is 10.9. The molecule has 1 N–H and O–H groups in total. The summed E-state index contributed by atoms with van der Waals surface area (Å²) < 4.78 is 6.85. The predicted molar refractivity (Wildman–Crippen MR) is 67.4 cm³/mol. The molecule has 0 aliphatic carbocycles. The minimum absolute atomic E-state index is 0.00182. The molecule has 0 radical (unpaired) electrons. The van der Waals surface area contributed by atoms with Crippen molar-refractivity contribution in [3.05, 3.63) is 18.0 Å². The van der Waals surface area contributed by atoms with Crippen LogP contribution < -0.4 is 0 Å². The SMILES string of the molecule is CCn1cc(C(C)N(CCOC)CC(=O)O)cn1. The van der Waals surface area contributed by atoms with Gasteiger partial charge < -0.3 is 9.84 Å². The van der Waals surface area contributed by atoms with E-state index in [1.807, 2.05) is 29.6 Å². The molecule has 0 saturated carbocycles. The molecule has 1 heterocycles. The first-order valence-electron chi connectivity index (χ1n) is 6.05. The number of carboxylic acid groups (broad SMARTS) is 1. The first-order chi connectivity index (χ1) is 8.58. The van der Waals surface area contributed by atoms with Crippen molar-refractivity contribution in [2.75, 3.05) is 26.8 Å². The Hall–Kier alpha value is -1.40. The normalized spacial score (nSPS) is 12.9. The second kappa shape index (κ2) is 7.13. The van der Waals surface area contributed by atoms with Gasteiger partial charge in [0, 0.05) is 38.0 Å². The van der Waals surface area contributed by atoms with Gasteiger partial charge >= 0.3 is 5.97 Å². The summed E-state index contributed by atoms with van der Waals surface area (Å²) in [5.74, 6) is -0.833. The maximum Gasteiger partial charge on any atom is 0.317 e. The molecule has 1 rings (SSSR count). The van der Waals surface area contributed by atoms with Gasteiger partial charge in [0.15, 0.2) is 0 Å². The number of aromatic nitrogens is 2. The number of ether oxygens (including phenoxy) is 1. The first kappa shape index (κ1) is 14.7. The fraction of sp³-hybridized carbons (Fsp3) is 0.667. The average Bonchev–Trinajstić information content (AvgIpc) is 2.81. The van der Waals surface area contributed by atoms with Gasteiger partial charge in [-0.25, -0.2) is 0 Å². The molecule has 0 amide bonds. The number of carboxylic acids is 1. The van der Waals surface area contributed by atoms with E-state index in [1.165, 1.54) is 0 Å². The molecule has 6 heteroatoms. The van der Waals surface area contributed by atoms with Gasteiger partial charge in [0.05, 0.1) is 19.3 Å². The maximum absolute atomic E-state index is 10.9. The summed E-state index contributed by atoms with van der Waals surface area (Å²) in [6.45, 7) is 5.91. The van der Waals surface area contributed by atoms with Gasteiger partial charge in [-0.15, -0.1) is 0 Å². The van der Waals surface area contributed by atoms with Gasteiger partial charge in [-0.3, -0.25) is 14.4 Å². The summed E-state index contributed by atoms with van der Waals surface area (Å²) in [5.41, 5.74) is 1.02. The van der Waals surface area contributed by atoms with Crippen molar-refractivity contribution in [1.82, 2.24) is 14.7 Å². The van der Waals surface area contributed by atoms with E-state index < -0.39 is 5.97 Å². The Bertz CT molecular complexity index is 378. The third kappa shape index (κ3) is 4.12. The lowest BCUT2D eigenvalue weighted by Gasteiger charge is -2.26. The predicted octanol–water partition coefficient (Wildman–Crippen LogP) is 0.997. The molecule has 6 nitrogen and oxygen atoms in total. The Morgan fingerprint density at radius 2 is 2.39 bits per heavy atom. The van der Waals surface area contributed by atoms with Crippen molar-refractivity contribution in [1.29, 1.82) is 0 Å². The van der Waals surface area contributed by atoms with E-state index in [4.69, 9.17) is 9.84 Å². The van der Waals surface area contributed by atoms with Crippen molar-refractivity contribution in [3.63, 3.8) is 0 Å². The van der Waals surface area contributed by atoms with E-state index >= 15 is 0 Å². The molecule has 102 valence electrons. The molecule has 0 spiro atoms. The van der Waals surface area contributed by atoms with Crippen LogP contribution in [0.1, 0.15) is 25.5 Å². The highest BCUT2D eigenvalue weighted by atomic mass is 16.5. The summed E-state index contributed by atoms with van der Waals surface area (Å²) in [6.07, 6.45) is 3.74. The summed E-state index contributed by atoms with van der Waals surface area (Å²) in [4.78, 5) is 12.7. The molecular weight excluding hydrogens is 234 g/mol. The van der Waals surface area contributed by atoms with Gasteiger partial charge in [-0.1, -0.05) is 0 Å². The lowest BCUT2D eigenvalue weighted by molar-refractivity contribution is -0.139. The van der Waals surface area contributed by atoms with Crippen LogP contribution in [0.25, 0.3) is 0 Å². The highest BCUT2D eigenvalue weighted by molar-refractivity contribution is 5.69. The smallest absolute Gasteiger partial charge is 0.317 e. The number of methoxy groups -OCH3 is 1. The highest BCUT2D eigenvalue weighted by Gasteiger charge is 2.19. The Morgan fingerprint density at radius 3 is 2.89 bits per heavy atom. The molecule has 0 fully saturated rings. The van der Waals surface area contributed by atoms with Crippen LogP contribution in [0.2, 0.25) is 0 Å². The van der Waals surface area contributed by atoms with Crippen LogP contribution in [0.4, 0.5) is 0 Å². The topological polar surface area (TPSA) is 67.6 Å². The van der Waals surface area contributed by atoms with E-state index in [0.29, 0.717) is 13.2 Å². The van der Waals surface area contributed by atoms with E-state index in [2.05, 4.69) is 5.10 Å². The van der Waals surface area contributed by atoms with Gasteiger partial charge in [-0.2, -0.15) is 5.10 Å². The zero-order valence-electron chi connectivity index (χ0n) is 11.2. The third-order valence-electron chi connectivity index (χ3n) is 2.93. The molecule has 1 aromatic heterocycles. The second-order valence-corrected chi connectivity index (χ2v) is 4.16. The molecule has 0 bridgehead atoms. The number of aryl methyl sites for hydroxylation is 1. The van der Waals surface area contributed by atoms with Crippen molar-refractivity contribution < 1.29 is 14.6 Å². The standard InChI is InChI=1S/C12H21N3O3/c1-4-15-8-11(7-13-15)10(2)14(5-6-18-3)9-12(16)17/h7-8,10H,4-6,9H2,1-3H3,(H,16,17). The van der Waals surface area contributed by atoms with Crippen LogP contribution >= 0.6 is 0 Å². The largest absolute Gasteiger partial charge is 0.480 e. The van der Waals surface area contributed by atoms with Crippen LogP contribution in [0.3, 0.4) is 0 Å². The first-order valence-corrected chi connectivity index (χ1v) is 6.05. The lowest BCUT2D eigenvalue weighted by Crippen LogP contribution is -2.34. The lowest BCUT2D eigenvalue weighted by atomic mass is 10.1. The number of aliphatic carboxylic acids is 1. The molecule has 0 aromatic carbocycles. The van der Waals surface area contributed by atoms with Gasteiger partial charge in [0.25, 0.3) is 0 Å². The molecule has 0 saturated heterocycles. The molecule has 1 unspecified atom stereocenters. The van der Waals surface area contributed by atoms with Crippen molar-refractivity contribution in [3.8, 4) is 0 Å². The number of nitrogens with zero attached hydrogens (tertiary/aromatic N) is 3. The number of rotatable bonds is 8. The second-order valence-electron chi connectivity index (χ2n) is 4.16. The van der Waals surface area contributed by atoms with E-state index in [0.717, 1.165) is 12.1 Å². The van der Waals surface area contributed by atoms with Crippen LogP contribution in [-0.2, 0) is 16.1 Å². The van der Waals surface area contributed by atoms with Gasteiger partial charge in [0.2, 0.25) is 0 Å². The minimum atomic E-state index is -0.833. The number of hydrogen-bond acceptors (Lipinski definition) is 4. The van der Waals surface area contributed by atoms with Crippen molar-refractivity contribution >= 4 is 5.97 Å². The number of hydrogen-bond donors (Lipinski definition) is 1. The molecule has 0 aliphatic rings. The van der Waals surface area contributed by atoms with Gasteiger partial charge in [-0.05, 0) is 13.8 Å². The van der Waals surface area contributed by atoms with Crippen LogP contribution in [0.15, 0.2) is 12.4 Å². The average molecular weight is 255 g/mol. The van der Waals surface area contributed by atoms with E-state index in [-0.39, 0.29) is 12.6 Å². The summed E-state index contributed by atoms with van der Waals surface area (Å²) in [5, 5.41) is 13.1. The zero-order valence-corrected chi connectivity index (χ0v) is 11.2. The Balaban J connectivity index is 2.73. The minimum Gasteiger partial charge on any atom is -0.480 e. The quantitative estimate of drug-likeness (QED) is 0.750. The Labute approximate surface area is 107 Å². The highest BCUT2D eigenvalue weighted by Crippen LogP contribution is 2.19. The van der Waals surface area contributed by atoms with Crippen molar-refractivity contribution in [2.24, 2.45) is 0 Å². The third-order valence-corrected chi connectivity index (χ3v) is 2.93. The summed E-state index contributed by atoms with van der Waals surface area (Å²) >= 11 is 0. The summed E-state index contributed by atoms with van der Waals surface area (Å²) in [7, 11) is 1.61. The van der Waals surface area contributed by atoms with Crippen LogP contribution in [-0.4, -0.2) is 52.6 Å². The fourth-order valence-corrected chi connectivity index (χ4v) is 1.77. The molecule has 18 heavy (non-hydrogen) atoms. The molecular formula is C12H21N3O3. The molecule has 1 atom stereocenters. The fourth-order valence-electron chi connectivity index (χ4n) is 1.77. The molecule has 0 aliphatic heterocycles. The van der Waals surface area contributed by atoms with Crippen molar-refractivity contribution in [2.45, 2.75) is 26.4 Å². The number of carbonyl (C=O) groups is 1. The Kier molecular flexibility index (Phi) is 5.80. The monoisotopic (exact) mass is 255 g/mol. The van der Waals surface area contributed by atoms with E-state index in [9.17, 15) is 4.79 Å². The van der Waals surface area contributed by atoms with E-state index in [1.54, 1.807) is 13.3 Å². The van der Waals surface area contributed by atoms with Crippen LogP contribution in [0.5, 0.6) is 0 Å². The Morgan fingerprint density at radius 1 is 1.67 bits per heavy atom. The zero-order chi connectivity index (χ0) is 13.5.